The zero-order chi connectivity index (χ0) is 14.9. The van der Waals surface area contributed by atoms with Crippen LogP contribution in [0, 0.1) is 6.92 Å². The van der Waals surface area contributed by atoms with Crippen LogP contribution in [0.25, 0.3) is 0 Å². The van der Waals surface area contributed by atoms with E-state index in [1.807, 2.05) is 0 Å². The number of sulfonamides is 1. The highest BCUT2D eigenvalue weighted by molar-refractivity contribution is 7.89. The number of nitrogens with one attached hydrogen (secondary N) is 1. The monoisotopic (exact) mass is 311 g/mol. The predicted octanol–water partition coefficient (Wildman–Crippen LogP) is 1.54. The number of nitrogens with two attached hydrogens (primary N) is 2. The lowest BCUT2D eigenvalue weighted by molar-refractivity contribution is 0.103. The molecule has 0 spiro atoms. The number of amides is 1. The van der Waals surface area contributed by atoms with Gasteiger partial charge in [0.15, 0.2) is 0 Å². The molecule has 0 bridgehead atoms. The highest BCUT2D eigenvalue weighted by Crippen LogP contribution is 2.25. The van der Waals surface area contributed by atoms with E-state index in [1.54, 1.807) is 24.4 Å². The van der Waals surface area contributed by atoms with E-state index < -0.39 is 10.0 Å². The van der Waals surface area contributed by atoms with Gasteiger partial charge in [-0.05, 0) is 36.1 Å². The van der Waals surface area contributed by atoms with E-state index in [9.17, 15) is 13.2 Å². The van der Waals surface area contributed by atoms with Gasteiger partial charge in [-0.1, -0.05) is 6.07 Å². The van der Waals surface area contributed by atoms with Gasteiger partial charge in [-0.15, -0.1) is 11.3 Å². The second-order valence-electron chi connectivity index (χ2n) is 4.13. The fraction of sp³-hybridized carbons (Fsp3) is 0.0833. The van der Waals surface area contributed by atoms with Gasteiger partial charge in [-0.3, -0.25) is 4.79 Å². The number of rotatable bonds is 3. The first-order chi connectivity index (χ1) is 9.30. The van der Waals surface area contributed by atoms with E-state index in [2.05, 4.69) is 5.32 Å². The lowest BCUT2D eigenvalue weighted by Crippen LogP contribution is -2.17. The smallest absolute Gasteiger partial charge is 0.267 e. The van der Waals surface area contributed by atoms with Crippen molar-refractivity contribution in [3.05, 3.63) is 40.1 Å². The van der Waals surface area contributed by atoms with Crippen molar-refractivity contribution in [2.45, 2.75) is 11.8 Å². The Bertz CT molecular complexity index is 766. The average Bonchev–Trinajstić information content (AvgIpc) is 2.76. The Kier molecular flexibility index (Phi) is 3.80. The molecule has 0 aliphatic rings. The van der Waals surface area contributed by atoms with Gasteiger partial charge in [0, 0.05) is 5.69 Å². The summed E-state index contributed by atoms with van der Waals surface area (Å²) < 4.78 is 22.8. The lowest BCUT2D eigenvalue weighted by Gasteiger charge is -2.11. The molecule has 0 fully saturated rings. The van der Waals surface area contributed by atoms with Crippen molar-refractivity contribution >= 4 is 38.6 Å². The van der Waals surface area contributed by atoms with Crippen LogP contribution in [0.15, 0.2) is 34.5 Å². The highest BCUT2D eigenvalue weighted by atomic mass is 32.2. The van der Waals surface area contributed by atoms with Crippen molar-refractivity contribution in [3.8, 4) is 0 Å². The molecule has 0 aliphatic carbocycles. The molecule has 2 aromatic rings. The van der Waals surface area contributed by atoms with Crippen molar-refractivity contribution in [1.82, 2.24) is 0 Å². The Morgan fingerprint density at radius 2 is 2.00 bits per heavy atom. The summed E-state index contributed by atoms with van der Waals surface area (Å²) in [6.07, 6.45) is 0. The van der Waals surface area contributed by atoms with E-state index >= 15 is 0 Å². The highest BCUT2D eigenvalue weighted by Gasteiger charge is 2.17. The van der Waals surface area contributed by atoms with Crippen LogP contribution >= 0.6 is 11.3 Å². The molecule has 1 aromatic heterocycles. The van der Waals surface area contributed by atoms with Crippen molar-refractivity contribution in [1.29, 1.82) is 0 Å². The van der Waals surface area contributed by atoms with Crippen LogP contribution in [-0.4, -0.2) is 14.3 Å². The maximum atomic E-state index is 12.0. The van der Waals surface area contributed by atoms with Crippen LogP contribution in [0.4, 0.5) is 11.4 Å². The van der Waals surface area contributed by atoms with Gasteiger partial charge in [0.2, 0.25) is 10.0 Å². The molecule has 0 saturated heterocycles. The molecule has 106 valence electrons. The zero-order valence-electron chi connectivity index (χ0n) is 10.6. The summed E-state index contributed by atoms with van der Waals surface area (Å²) in [6.45, 7) is 1.58. The molecular formula is C12H13N3O3S2. The van der Waals surface area contributed by atoms with Gasteiger partial charge in [-0.25, -0.2) is 13.6 Å². The van der Waals surface area contributed by atoms with Crippen LogP contribution in [0.3, 0.4) is 0 Å². The van der Waals surface area contributed by atoms with E-state index in [0.717, 1.165) is 0 Å². The van der Waals surface area contributed by atoms with Crippen LogP contribution in [0.2, 0.25) is 0 Å². The third-order valence-electron chi connectivity index (χ3n) is 2.74. The van der Waals surface area contributed by atoms with Crippen molar-refractivity contribution in [3.63, 3.8) is 0 Å². The van der Waals surface area contributed by atoms with E-state index in [0.29, 0.717) is 21.8 Å². The fourth-order valence-corrected chi connectivity index (χ4v) is 3.26. The first-order valence-electron chi connectivity index (χ1n) is 5.57. The van der Waals surface area contributed by atoms with Gasteiger partial charge in [0.25, 0.3) is 5.91 Å². The third kappa shape index (κ3) is 2.82. The van der Waals surface area contributed by atoms with Crippen molar-refractivity contribution in [2.75, 3.05) is 11.1 Å². The minimum Gasteiger partial charge on any atom is -0.397 e. The summed E-state index contributed by atoms with van der Waals surface area (Å²) in [5.74, 6) is -0.382. The Morgan fingerprint density at radius 1 is 1.30 bits per heavy atom. The van der Waals surface area contributed by atoms with Gasteiger partial charge < -0.3 is 11.1 Å². The molecule has 2 rings (SSSR count). The summed E-state index contributed by atoms with van der Waals surface area (Å²) >= 11 is 1.21. The maximum Gasteiger partial charge on any atom is 0.267 e. The summed E-state index contributed by atoms with van der Waals surface area (Å²) in [5, 5.41) is 9.46. The predicted molar refractivity (Wildman–Crippen MR) is 79.2 cm³/mol. The number of hydrogen-bond acceptors (Lipinski definition) is 5. The molecule has 5 N–H and O–H groups in total. The maximum absolute atomic E-state index is 12.0. The SMILES string of the molecule is Cc1c(NC(=O)c2sccc2N)cccc1S(N)(=O)=O. The largest absolute Gasteiger partial charge is 0.397 e. The Labute approximate surface area is 120 Å². The second-order valence-corrected chi connectivity index (χ2v) is 6.58. The minimum absolute atomic E-state index is 0.0190. The molecule has 8 heteroatoms. The molecule has 1 amide bonds. The molecular weight excluding hydrogens is 298 g/mol. The fourth-order valence-electron chi connectivity index (χ4n) is 1.74. The molecule has 0 atom stereocenters. The Hall–Kier alpha value is -1.90. The summed E-state index contributed by atoms with van der Waals surface area (Å²) in [7, 11) is -3.83. The topological polar surface area (TPSA) is 115 Å². The molecule has 1 aromatic carbocycles. The molecule has 0 unspecified atom stereocenters. The van der Waals surface area contributed by atoms with Gasteiger partial charge in [-0.2, -0.15) is 0 Å². The van der Waals surface area contributed by atoms with Crippen LogP contribution in [-0.2, 0) is 10.0 Å². The second kappa shape index (κ2) is 5.23. The van der Waals surface area contributed by atoms with Gasteiger partial charge in [0.05, 0.1) is 10.6 Å². The van der Waals surface area contributed by atoms with Crippen LogP contribution in [0.5, 0.6) is 0 Å². The Morgan fingerprint density at radius 3 is 2.55 bits per heavy atom. The van der Waals surface area contributed by atoms with E-state index in [4.69, 9.17) is 10.9 Å². The number of anilines is 2. The number of benzene rings is 1. The van der Waals surface area contributed by atoms with Crippen molar-refractivity contribution < 1.29 is 13.2 Å². The first kappa shape index (κ1) is 14.5. The molecule has 0 radical (unpaired) electrons. The van der Waals surface area contributed by atoms with Gasteiger partial charge >= 0.3 is 0 Å². The summed E-state index contributed by atoms with van der Waals surface area (Å²) in [5.41, 5.74) is 6.82. The number of hydrogen-bond donors (Lipinski definition) is 3. The number of thiophene rings is 1. The van der Waals surface area contributed by atoms with Crippen molar-refractivity contribution in [2.24, 2.45) is 5.14 Å². The Balaban J connectivity index is 2.36. The minimum atomic E-state index is -3.83. The molecule has 0 saturated carbocycles. The lowest BCUT2D eigenvalue weighted by atomic mass is 10.2. The van der Waals surface area contributed by atoms with Crippen LogP contribution < -0.4 is 16.2 Å². The van der Waals surface area contributed by atoms with Gasteiger partial charge in [0.1, 0.15) is 4.88 Å². The third-order valence-corrected chi connectivity index (χ3v) is 4.73. The van der Waals surface area contributed by atoms with E-state index in [1.165, 1.54) is 23.5 Å². The first-order valence-corrected chi connectivity index (χ1v) is 8.00. The molecule has 20 heavy (non-hydrogen) atoms. The van der Waals surface area contributed by atoms with E-state index in [-0.39, 0.29) is 10.8 Å². The standard InChI is InChI=1S/C12H13N3O3S2/c1-7-9(3-2-4-10(7)20(14,17)18)15-12(16)11-8(13)5-6-19-11/h2-6H,13H2,1H3,(H,15,16)(H2,14,17,18). The number of primary sulfonamides is 1. The molecule has 0 aliphatic heterocycles. The summed E-state index contributed by atoms with van der Waals surface area (Å²) in [4.78, 5) is 12.4. The zero-order valence-corrected chi connectivity index (χ0v) is 12.2. The molecule has 6 nitrogen and oxygen atoms in total. The number of carbonyl (C=O) groups is 1. The van der Waals surface area contributed by atoms with Crippen LogP contribution in [0.1, 0.15) is 15.2 Å². The average molecular weight is 311 g/mol. The summed E-state index contributed by atoms with van der Waals surface area (Å²) in [6, 6.07) is 6.14. The quantitative estimate of drug-likeness (QED) is 0.797. The number of carbonyl (C=O) groups excluding carboxylic acids is 1. The normalized spacial score (nSPS) is 11.3. The molecule has 1 heterocycles. The number of nitrogen functional groups attached to an aromatic ring is 1.